The average Bonchev–Trinajstić information content (AvgIpc) is 2.78. The van der Waals surface area contributed by atoms with E-state index in [0.29, 0.717) is 24.0 Å². The summed E-state index contributed by atoms with van der Waals surface area (Å²) in [6.07, 6.45) is 13.9. The van der Waals surface area contributed by atoms with Crippen LogP contribution in [-0.2, 0) is 19.1 Å². The molecule has 1 amide bonds. The van der Waals surface area contributed by atoms with Crippen LogP contribution < -0.4 is 5.32 Å². The maximum absolute atomic E-state index is 12.8. The lowest BCUT2D eigenvalue weighted by Crippen LogP contribution is -2.32. The molecule has 1 aliphatic heterocycles. The van der Waals surface area contributed by atoms with Gasteiger partial charge in [-0.15, -0.1) is 0 Å². The van der Waals surface area contributed by atoms with Crippen molar-refractivity contribution in [2.75, 3.05) is 7.11 Å². The third-order valence-electron chi connectivity index (χ3n) is 5.73. The Balaban J connectivity index is 2.25. The number of nitrogens with one attached hydrogen (secondary N) is 1. The number of ether oxygens (including phenoxy) is 1. The zero-order chi connectivity index (χ0) is 24.4. The number of aliphatic hydroxyl groups is 2. The molecule has 0 spiro atoms. The van der Waals surface area contributed by atoms with Crippen molar-refractivity contribution in [3.63, 3.8) is 0 Å². The number of carbonyl (C=O) groups is 3. The summed E-state index contributed by atoms with van der Waals surface area (Å²) in [5, 5.41) is 23.5. The van der Waals surface area contributed by atoms with Crippen LogP contribution in [-0.4, -0.2) is 53.1 Å². The number of carbonyl (C=O) groups excluding carboxylic acids is 3. The molecule has 4 atom stereocenters. The Morgan fingerprint density at radius 2 is 1.79 bits per heavy atom. The van der Waals surface area contributed by atoms with Crippen molar-refractivity contribution >= 4 is 17.5 Å². The summed E-state index contributed by atoms with van der Waals surface area (Å²) in [6.45, 7) is 3.55. The fraction of sp³-hybridized carbons (Fsp3) is 0.423. The number of ketones is 2. The molecule has 0 fully saturated rings. The fourth-order valence-electron chi connectivity index (χ4n) is 3.58. The first-order chi connectivity index (χ1) is 15.7. The van der Waals surface area contributed by atoms with Gasteiger partial charge in [0.2, 0.25) is 11.7 Å². The average molecular weight is 456 g/mol. The van der Waals surface area contributed by atoms with E-state index in [1.807, 2.05) is 6.08 Å². The number of allylic oxidation sites excluding steroid dienone is 8. The van der Waals surface area contributed by atoms with Gasteiger partial charge in [-0.2, -0.15) is 0 Å². The van der Waals surface area contributed by atoms with Gasteiger partial charge in [0.15, 0.2) is 5.78 Å². The molecule has 2 rings (SSSR count). The van der Waals surface area contributed by atoms with Crippen LogP contribution in [0.4, 0.5) is 0 Å². The molecule has 0 aromatic rings. The molecule has 0 saturated carbocycles. The minimum Gasteiger partial charge on any atom is -0.392 e. The lowest BCUT2D eigenvalue weighted by atomic mass is 9.90. The SMILES string of the molecule is COC1/C=C/C=C/C=C/CC(O)C(C)C(O)/C(C)=C\CCC2=CC(=O)C=C(NC(=O)C1)C2=O. The zero-order valence-electron chi connectivity index (χ0n) is 19.4. The molecule has 4 unspecified atom stereocenters. The molecule has 7 heteroatoms. The highest BCUT2D eigenvalue weighted by Crippen LogP contribution is 2.21. The smallest absolute Gasteiger partial charge is 0.227 e. The number of methoxy groups -OCH3 is 1. The third kappa shape index (κ3) is 8.20. The maximum atomic E-state index is 12.8. The largest absolute Gasteiger partial charge is 0.392 e. The highest BCUT2D eigenvalue weighted by Gasteiger charge is 2.25. The van der Waals surface area contributed by atoms with Gasteiger partial charge >= 0.3 is 0 Å². The van der Waals surface area contributed by atoms with Crippen molar-refractivity contribution in [3.8, 4) is 0 Å². The Morgan fingerprint density at radius 3 is 2.52 bits per heavy atom. The summed E-state index contributed by atoms with van der Waals surface area (Å²) in [4.78, 5) is 37.3. The summed E-state index contributed by atoms with van der Waals surface area (Å²) in [5.74, 6) is -1.58. The summed E-state index contributed by atoms with van der Waals surface area (Å²) in [5.41, 5.74) is 0.940. The number of hydrogen-bond donors (Lipinski definition) is 3. The molecule has 1 aliphatic carbocycles. The summed E-state index contributed by atoms with van der Waals surface area (Å²) >= 11 is 0. The monoisotopic (exact) mass is 455 g/mol. The fourth-order valence-corrected chi connectivity index (χ4v) is 3.58. The van der Waals surface area contributed by atoms with E-state index in [1.165, 1.54) is 13.2 Å². The first kappa shape index (κ1) is 26.4. The van der Waals surface area contributed by atoms with Gasteiger partial charge in [0.05, 0.1) is 30.4 Å². The second kappa shape index (κ2) is 13.0. The van der Waals surface area contributed by atoms with Crippen LogP contribution in [0.1, 0.15) is 39.5 Å². The summed E-state index contributed by atoms with van der Waals surface area (Å²) < 4.78 is 5.30. The van der Waals surface area contributed by atoms with Crippen molar-refractivity contribution in [2.45, 2.75) is 57.8 Å². The predicted octanol–water partition coefficient (Wildman–Crippen LogP) is 2.63. The van der Waals surface area contributed by atoms with Crippen LogP contribution in [0.25, 0.3) is 0 Å². The van der Waals surface area contributed by atoms with Crippen LogP contribution in [0.5, 0.6) is 0 Å². The molecule has 0 aromatic carbocycles. The van der Waals surface area contributed by atoms with Gasteiger partial charge in [-0.05, 0) is 37.8 Å². The number of hydrogen-bond acceptors (Lipinski definition) is 6. The van der Waals surface area contributed by atoms with Gasteiger partial charge in [-0.3, -0.25) is 14.4 Å². The van der Waals surface area contributed by atoms with E-state index in [9.17, 15) is 24.6 Å². The van der Waals surface area contributed by atoms with Gasteiger partial charge < -0.3 is 20.3 Å². The molecule has 1 heterocycles. The van der Waals surface area contributed by atoms with Gasteiger partial charge in [0, 0.05) is 24.7 Å². The standard InChI is InChI=1S/C26H33NO6/c1-17-10-9-11-19-14-20(28)15-22(26(19)32)27-24(30)16-21(33-3)12-7-5-4-6-8-13-23(29)18(2)25(17)31/h4-8,10,12,14-15,18,21,23,25,29,31H,9,11,13,16H2,1-3H3,(H,27,30)/b5-4+,8-6+,12-7+,17-10-. The van der Waals surface area contributed by atoms with Gasteiger partial charge in [0.25, 0.3) is 0 Å². The molecular formula is C26H33NO6. The van der Waals surface area contributed by atoms with Crippen molar-refractivity contribution in [1.82, 2.24) is 5.32 Å². The molecule has 2 bridgehead atoms. The van der Waals surface area contributed by atoms with Crippen molar-refractivity contribution in [1.29, 1.82) is 0 Å². The second-order valence-electron chi connectivity index (χ2n) is 8.28. The Morgan fingerprint density at radius 1 is 1.06 bits per heavy atom. The Hall–Kier alpha value is -2.87. The van der Waals surface area contributed by atoms with Crippen LogP contribution in [0.15, 0.2) is 71.5 Å². The van der Waals surface area contributed by atoms with E-state index in [1.54, 1.807) is 50.3 Å². The molecule has 0 radical (unpaired) electrons. The van der Waals surface area contributed by atoms with E-state index in [2.05, 4.69) is 5.32 Å². The first-order valence-corrected chi connectivity index (χ1v) is 11.1. The van der Waals surface area contributed by atoms with E-state index in [0.717, 1.165) is 6.08 Å². The molecule has 33 heavy (non-hydrogen) atoms. The normalized spacial score (nSPS) is 32.9. The molecule has 2 aliphatic rings. The first-order valence-electron chi connectivity index (χ1n) is 11.1. The van der Waals surface area contributed by atoms with Gasteiger partial charge in [0.1, 0.15) is 0 Å². The van der Waals surface area contributed by atoms with Gasteiger partial charge in [-0.1, -0.05) is 49.5 Å². The lowest BCUT2D eigenvalue weighted by molar-refractivity contribution is -0.124. The number of aliphatic hydroxyl groups excluding tert-OH is 2. The summed E-state index contributed by atoms with van der Waals surface area (Å²) in [7, 11) is 1.48. The molecule has 178 valence electrons. The molecule has 0 aromatic heterocycles. The number of rotatable bonds is 1. The van der Waals surface area contributed by atoms with Crippen molar-refractivity contribution in [2.24, 2.45) is 5.92 Å². The van der Waals surface area contributed by atoms with Crippen molar-refractivity contribution in [3.05, 3.63) is 71.5 Å². The van der Waals surface area contributed by atoms with Crippen LogP contribution in [0.2, 0.25) is 0 Å². The molecule has 0 saturated heterocycles. The van der Waals surface area contributed by atoms with Crippen LogP contribution in [0, 0.1) is 5.92 Å². The summed E-state index contributed by atoms with van der Waals surface area (Å²) in [6, 6.07) is 0. The van der Waals surface area contributed by atoms with Crippen LogP contribution >= 0.6 is 0 Å². The molecular weight excluding hydrogens is 422 g/mol. The Labute approximate surface area is 194 Å². The highest BCUT2D eigenvalue weighted by molar-refractivity contribution is 6.21. The zero-order valence-corrected chi connectivity index (χ0v) is 19.4. The Kier molecular flexibility index (Phi) is 10.4. The van der Waals surface area contributed by atoms with Crippen molar-refractivity contribution < 1.29 is 29.3 Å². The quantitative estimate of drug-likeness (QED) is 0.414. The van der Waals surface area contributed by atoms with E-state index in [-0.39, 0.29) is 30.2 Å². The Bertz CT molecular complexity index is 921. The topological polar surface area (TPSA) is 113 Å². The third-order valence-corrected chi connectivity index (χ3v) is 5.73. The van der Waals surface area contributed by atoms with E-state index >= 15 is 0 Å². The van der Waals surface area contributed by atoms with Gasteiger partial charge in [-0.25, -0.2) is 0 Å². The molecule has 3 N–H and O–H groups in total. The second-order valence-corrected chi connectivity index (χ2v) is 8.28. The lowest BCUT2D eigenvalue weighted by Gasteiger charge is -2.24. The number of fused-ring (bicyclic) bond motifs is 2. The number of amides is 1. The van der Waals surface area contributed by atoms with Crippen LogP contribution in [0.3, 0.4) is 0 Å². The minimum absolute atomic E-state index is 0.0154. The predicted molar refractivity (Wildman–Crippen MR) is 126 cm³/mol. The maximum Gasteiger partial charge on any atom is 0.227 e. The minimum atomic E-state index is -0.834. The van der Waals surface area contributed by atoms with E-state index in [4.69, 9.17) is 4.74 Å². The van der Waals surface area contributed by atoms with E-state index < -0.39 is 30.0 Å². The molecule has 7 nitrogen and oxygen atoms in total. The highest BCUT2D eigenvalue weighted by atomic mass is 16.5. The number of Topliss-reactive ketones (excluding diaryl/α,β-unsaturated/α-hetero) is 1.